The first kappa shape index (κ1) is 13.0. The molecule has 0 aromatic heterocycles. The Bertz CT molecular complexity index is 501. The van der Waals surface area contributed by atoms with Crippen LogP contribution in [-0.4, -0.2) is 19.0 Å². The highest BCUT2D eigenvalue weighted by atomic mass is 127. The van der Waals surface area contributed by atoms with Crippen LogP contribution in [0.25, 0.3) is 0 Å². The molecule has 1 fully saturated rings. The van der Waals surface area contributed by atoms with E-state index < -0.39 is 5.79 Å². The van der Waals surface area contributed by atoms with Crippen LogP contribution in [0.5, 0.6) is 5.75 Å². The van der Waals surface area contributed by atoms with Crippen molar-refractivity contribution in [1.82, 2.24) is 0 Å². The monoisotopic (exact) mass is 380 g/mol. The molecule has 0 saturated carbocycles. The summed E-state index contributed by atoms with van der Waals surface area (Å²) in [6.07, 6.45) is 0.862. The number of halogens is 2. The third kappa shape index (κ3) is 2.13. The standard InChI is InChI=1S/C13H14ClIO3/c1-13(2)17-6-10(18-13)11-7-3-4-16-12(7)8(14)5-9(11)15/h5,10H,3-4,6H2,1-2H3. The van der Waals surface area contributed by atoms with Gasteiger partial charge in [0, 0.05) is 21.1 Å². The van der Waals surface area contributed by atoms with Gasteiger partial charge in [0.05, 0.1) is 18.2 Å². The maximum Gasteiger partial charge on any atom is 0.163 e. The zero-order chi connectivity index (χ0) is 12.9. The molecule has 2 heterocycles. The third-order valence-corrected chi connectivity index (χ3v) is 4.43. The molecular formula is C13H14ClIO3. The minimum absolute atomic E-state index is 0.0281. The van der Waals surface area contributed by atoms with E-state index in [1.165, 1.54) is 11.1 Å². The molecule has 2 aliphatic rings. The van der Waals surface area contributed by atoms with Crippen LogP contribution in [0.3, 0.4) is 0 Å². The van der Waals surface area contributed by atoms with Crippen LogP contribution in [0.1, 0.15) is 31.1 Å². The molecule has 0 radical (unpaired) electrons. The highest BCUT2D eigenvalue weighted by Gasteiger charge is 2.37. The van der Waals surface area contributed by atoms with E-state index in [-0.39, 0.29) is 6.10 Å². The molecule has 1 atom stereocenters. The van der Waals surface area contributed by atoms with E-state index in [0.717, 1.165) is 15.7 Å². The summed E-state index contributed by atoms with van der Waals surface area (Å²) in [7, 11) is 0. The van der Waals surface area contributed by atoms with Crippen LogP contribution < -0.4 is 4.74 Å². The zero-order valence-electron chi connectivity index (χ0n) is 10.3. The van der Waals surface area contributed by atoms with Crippen molar-refractivity contribution in [1.29, 1.82) is 0 Å². The van der Waals surface area contributed by atoms with E-state index in [9.17, 15) is 0 Å². The molecule has 1 unspecified atom stereocenters. The number of benzene rings is 1. The number of rotatable bonds is 1. The van der Waals surface area contributed by atoms with Crippen molar-refractivity contribution in [3.05, 3.63) is 25.8 Å². The second-order valence-corrected chi connectivity index (χ2v) is 6.55. The van der Waals surface area contributed by atoms with Crippen LogP contribution in [0.15, 0.2) is 6.07 Å². The first-order chi connectivity index (χ1) is 8.48. The van der Waals surface area contributed by atoms with Gasteiger partial charge in [-0.15, -0.1) is 0 Å². The van der Waals surface area contributed by atoms with E-state index in [1.807, 2.05) is 19.9 Å². The van der Waals surface area contributed by atoms with Crippen LogP contribution in [0, 0.1) is 3.57 Å². The first-order valence-electron chi connectivity index (χ1n) is 5.93. The average molecular weight is 381 g/mol. The Balaban J connectivity index is 2.05. The Morgan fingerprint density at radius 3 is 2.89 bits per heavy atom. The summed E-state index contributed by atoms with van der Waals surface area (Å²) in [5, 5.41) is 0.689. The summed E-state index contributed by atoms with van der Waals surface area (Å²) in [6, 6.07) is 1.94. The van der Waals surface area contributed by atoms with E-state index in [4.69, 9.17) is 25.8 Å². The molecule has 1 saturated heterocycles. The summed E-state index contributed by atoms with van der Waals surface area (Å²) in [6.45, 7) is 5.15. The Labute approximate surface area is 125 Å². The highest BCUT2D eigenvalue weighted by Crippen LogP contribution is 2.44. The fourth-order valence-corrected chi connectivity index (χ4v) is 3.95. The molecule has 0 bridgehead atoms. The van der Waals surface area contributed by atoms with Crippen molar-refractivity contribution in [3.63, 3.8) is 0 Å². The van der Waals surface area contributed by atoms with Crippen molar-refractivity contribution in [3.8, 4) is 5.75 Å². The summed E-state index contributed by atoms with van der Waals surface area (Å²) in [4.78, 5) is 0. The summed E-state index contributed by atoms with van der Waals surface area (Å²) in [5.74, 6) is 0.306. The lowest BCUT2D eigenvalue weighted by Crippen LogP contribution is -2.20. The van der Waals surface area contributed by atoms with E-state index in [1.54, 1.807) is 0 Å². The number of ether oxygens (including phenoxy) is 3. The lowest BCUT2D eigenvalue weighted by Gasteiger charge is -2.19. The SMILES string of the molecule is CC1(C)OCC(c2c(I)cc(Cl)c3c2CCO3)O1. The minimum Gasteiger partial charge on any atom is -0.491 e. The minimum atomic E-state index is -0.514. The molecule has 0 N–H and O–H groups in total. The van der Waals surface area contributed by atoms with Gasteiger partial charge in [0.15, 0.2) is 5.79 Å². The Hall–Kier alpha value is -0.0400. The molecule has 18 heavy (non-hydrogen) atoms. The third-order valence-electron chi connectivity index (χ3n) is 3.26. The van der Waals surface area contributed by atoms with Crippen LogP contribution in [0.2, 0.25) is 5.02 Å². The van der Waals surface area contributed by atoms with Crippen molar-refractivity contribution < 1.29 is 14.2 Å². The fraction of sp³-hybridized carbons (Fsp3) is 0.538. The second kappa shape index (κ2) is 4.51. The molecule has 1 aromatic carbocycles. The van der Waals surface area contributed by atoms with Gasteiger partial charge in [-0.1, -0.05) is 11.6 Å². The van der Waals surface area contributed by atoms with Crippen molar-refractivity contribution >= 4 is 34.2 Å². The molecule has 0 aliphatic carbocycles. The predicted molar refractivity (Wildman–Crippen MR) is 77.2 cm³/mol. The van der Waals surface area contributed by atoms with Crippen molar-refractivity contribution in [2.75, 3.05) is 13.2 Å². The van der Waals surface area contributed by atoms with Gasteiger partial charge in [-0.25, -0.2) is 0 Å². The van der Waals surface area contributed by atoms with Gasteiger partial charge < -0.3 is 14.2 Å². The molecule has 0 amide bonds. The molecule has 98 valence electrons. The van der Waals surface area contributed by atoms with E-state index in [0.29, 0.717) is 18.2 Å². The normalized spacial score (nSPS) is 25.0. The molecule has 0 spiro atoms. The van der Waals surface area contributed by atoms with Crippen LogP contribution >= 0.6 is 34.2 Å². The smallest absolute Gasteiger partial charge is 0.163 e. The zero-order valence-corrected chi connectivity index (χ0v) is 13.2. The summed E-state index contributed by atoms with van der Waals surface area (Å²) >= 11 is 8.51. The maximum absolute atomic E-state index is 6.21. The van der Waals surface area contributed by atoms with Crippen molar-refractivity contribution in [2.24, 2.45) is 0 Å². The van der Waals surface area contributed by atoms with Gasteiger partial charge in [0.25, 0.3) is 0 Å². The lowest BCUT2D eigenvalue weighted by atomic mass is 10.0. The lowest BCUT2D eigenvalue weighted by molar-refractivity contribution is -0.139. The molecule has 2 aliphatic heterocycles. The van der Waals surface area contributed by atoms with E-state index >= 15 is 0 Å². The molecule has 3 nitrogen and oxygen atoms in total. The van der Waals surface area contributed by atoms with Gasteiger partial charge in [0.1, 0.15) is 11.9 Å². The maximum atomic E-state index is 6.21. The Kier molecular flexibility index (Phi) is 3.25. The first-order valence-corrected chi connectivity index (χ1v) is 7.39. The molecule has 1 aromatic rings. The summed E-state index contributed by atoms with van der Waals surface area (Å²) < 4.78 is 18.3. The Morgan fingerprint density at radius 1 is 1.44 bits per heavy atom. The molecule has 3 rings (SSSR count). The summed E-state index contributed by atoms with van der Waals surface area (Å²) in [5.41, 5.74) is 2.36. The second-order valence-electron chi connectivity index (χ2n) is 4.98. The van der Waals surface area contributed by atoms with Gasteiger partial charge >= 0.3 is 0 Å². The molecule has 5 heteroatoms. The highest BCUT2D eigenvalue weighted by molar-refractivity contribution is 14.1. The van der Waals surface area contributed by atoms with Crippen LogP contribution in [-0.2, 0) is 15.9 Å². The fourth-order valence-electron chi connectivity index (χ4n) is 2.50. The van der Waals surface area contributed by atoms with Crippen molar-refractivity contribution in [2.45, 2.75) is 32.2 Å². The predicted octanol–water partition coefficient (Wildman–Crippen LogP) is 3.70. The van der Waals surface area contributed by atoms with Gasteiger partial charge in [-0.3, -0.25) is 0 Å². The number of hydrogen-bond donors (Lipinski definition) is 0. The topological polar surface area (TPSA) is 27.7 Å². The largest absolute Gasteiger partial charge is 0.491 e. The quantitative estimate of drug-likeness (QED) is 0.695. The molecular weight excluding hydrogens is 366 g/mol. The van der Waals surface area contributed by atoms with Gasteiger partial charge in [0.2, 0.25) is 0 Å². The van der Waals surface area contributed by atoms with Gasteiger partial charge in [-0.2, -0.15) is 0 Å². The van der Waals surface area contributed by atoms with Crippen LogP contribution in [0.4, 0.5) is 0 Å². The Morgan fingerprint density at radius 2 is 2.22 bits per heavy atom. The number of fused-ring (bicyclic) bond motifs is 1. The van der Waals surface area contributed by atoms with Gasteiger partial charge in [-0.05, 0) is 42.5 Å². The number of hydrogen-bond acceptors (Lipinski definition) is 3. The van der Waals surface area contributed by atoms with E-state index in [2.05, 4.69) is 22.6 Å². The average Bonchev–Trinajstić information content (AvgIpc) is 2.85.